The summed E-state index contributed by atoms with van der Waals surface area (Å²) in [6.07, 6.45) is -1.06. The first-order valence-corrected chi connectivity index (χ1v) is 6.21. The number of benzene rings is 1. The number of rotatable bonds is 6. The minimum Gasteiger partial charge on any atom is -0.466 e. The predicted octanol–water partition coefficient (Wildman–Crippen LogP) is 1.04. The number of ether oxygens (including phenoxy) is 1. The van der Waals surface area contributed by atoms with Gasteiger partial charge in [0, 0.05) is 12.1 Å². The number of aliphatic hydroxyl groups is 1. The molecule has 0 aliphatic rings. The lowest BCUT2D eigenvalue weighted by atomic mass is 10.1. The van der Waals surface area contributed by atoms with E-state index in [-0.39, 0.29) is 25.5 Å². The molecule has 1 rings (SSSR count). The molecule has 5 nitrogen and oxygen atoms in total. The average molecular weight is 265 g/mol. The van der Waals surface area contributed by atoms with Crippen LogP contribution in [-0.4, -0.2) is 36.2 Å². The van der Waals surface area contributed by atoms with Crippen molar-refractivity contribution in [1.29, 1.82) is 0 Å². The highest BCUT2D eigenvalue weighted by Gasteiger charge is 2.13. The Morgan fingerprint density at radius 3 is 2.53 bits per heavy atom. The SMILES string of the molecule is CCOC(=O)CC(O)CNC(=O)c1ccc(C)cc1. The summed E-state index contributed by atoms with van der Waals surface area (Å²) in [6, 6.07) is 7.10. The van der Waals surface area contributed by atoms with Crippen molar-refractivity contribution >= 4 is 11.9 Å². The molecule has 0 saturated heterocycles. The molecule has 1 aromatic rings. The van der Waals surface area contributed by atoms with Crippen LogP contribution in [0.15, 0.2) is 24.3 Å². The number of amides is 1. The lowest BCUT2D eigenvalue weighted by Crippen LogP contribution is -2.33. The van der Waals surface area contributed by atoms with Gasteiger partial charge in [0.15, 0.2) is 0 Å². The summed E-state index contributed by atoms with van der Waals surface area (Å²) >= 11 is 0. The Hall–Kier alpha value is -1.88. The average Bonchev–Trinajstić information content (AvgIpc) is 2.37. The fraction of sp³-hybridized carbons (Fsp3) is 0.429. The molecule has 5 heteroatoms. The van der Waals surface area contributed by atoms with Crippen molar-refractivity contribution in [2.24, 2.45) is 0 Å². The van der Waals surface area contributed by atoms with Crippen LogP contribution in [-0.2, 0) is 9.53 Å². The van der Waals surface area contributed by atoms with Gasteiger partial charge in [0.05, 0.1) is 19.1 Å². The number of aliphatic hydroxyl groups excluding tert-OH is 1. The molecular weight excluding hydrogens is 246 g/mol. The van der Waals surface area contributed by atoms with E-state index in [9.17, 15) is 14.7 Å². The molecule has 0 aliphatic heterocycles. The zero-order chi connectivity index (χ0) is 14.3. The zero-order valence-electron chi connectivity index (χ0n) is 11.2. The Kier molecular flexibility index (Phi) is 6.02. The molecule has 1 amide bonds. The van der Waals surface area contributed by atoms with Gasteiger partial charge in [-0.05, 0) is 26.0 Å². The number of hydrogen-bond acceptors (Lipinski definition) is 4. The van der Waals surface area contributed by atoms with E-state index in [1.807, 2.05) is 19.1 Å². The van der Waals surface area contributed by atoms with Crippen LogP contribution in [0.25, 0.3) is 0 Å². The largest absolute Gasteiger partial charge is 0.466 e. The number of hydrogen-bond donors (Lipinski definition) is 2. The number of aryl methyl sites for hydroxylation is 1. The van der Waals surface area contributed by atoms with Gasteiger partial charge in [-0.2, -0.15) is 0 Å². The van der Waals surface area contributed by atoms with E-state index in [4.69, 9.17) is 4.74 Å². The second kappa shape index (κ2) is 7.53. The Bertz CT molecular complexity index is 428. The molecule has 104 valence electrons. The van der Waals surface area contributed by atoms with E-state index in [2.05, 4.69) is 5.32 Å². The van der Waals surface area contributed by atoms with E-state index >= 15 is 0 Å². The normalized spacial score (nSPS) is 11.7. The van der Waals surface area contributed by atoms with Crippen LogP contribution in [0, 0.1) is 6.92 Å². The highest BCUT2D eigenvalue weighted by atomic mass is 16.5. The van der Waals surface area contributed by atoms with E-state index in [0.717, 1.165) is 5.56 Å². The van der Waals surface area contributed by atoms with Crippen molar-refractivity contribution in [3.63, 3.8) is 0 Å². The third kappa shape index (κ3) is 5.52. The second-order valence-electron chi connectivity index (χ2n) is 4.24. The first-order valence-electron chi connectivity index (χ1n) is 6.21. The van der Waals surface area contributed by atoms with Crippen molar-refractivity contribution in [2.75, 3.05) is 13.2 Å². The summed E-state index contributed by atoms with van der Waals surface area (Å²) in [7, 11) is 0. The quantitative estimate of drug-likeness (QED) is 0.754. The monoisotopic (exact) mass is 265 g/mol. The number of nitrogens with one attached hydrogen (secondary N) is 1. The highest BCUT2D eigenvalue weighted by Crippen LogP contribution is 2.03. The second-order valence-corrected chi connectivity index (χ2v) is 4.24. The maximum absolute atomic E-state index is 11.7. The Labute approximate surface area is 112 Å². The predicted molar refractivity (Wildman–Crippen MR) is 70.8 cm³/mol. The van der Waals surface area contributed by atoms with Crippen LogP contribution in [0.4, 0.5) is 0 Å². The summed E-state index contributed by atoms with van der Waals surface area (Å²) in [4.78, 5) is 22.8. The zero-order valence-corrected chi connectivity index (χ0v) is 11.2. The van der Waals surface area contributed by atoms with Gasteiger partial charge >= 0.3 is 5.97 Å². The molecule has 1 unspecified atom stereocenters. The van der Waals surface area contributed by atoms with Crippen molar-refractivity contribution in [2.45, 2.75) is 26.4 Å². The van der Waals surface area contributed by atoms with Crippen molar-refractivity contribution in [3.05, 3.63) is 35.4 Å². The van der Waals surface area contributed by atoms with Crippen molar-refractivity contribution in [3.8, 4) is 0 Å². The summed E-state index contributed by atoms with van der Waals surface area (Å²) in [5, 5.41) is 12.1. The van der Waals surface area contributed by atoms with Gasteiger partial charge < -0.3 is 15.2 Å². The maximum Gasteiger partial charge on any atom is 0.308 e. The van der Waals surface area contributed by atoms with Crippen LogP contribution in [0.2, 0.25) is 0 Å². The molecule has 1 aromatic carbocycles. The Morgan fingerprint density at radius 2 is 1.95 bits per heavy atom. The van der Waals surface area contributed by atoms with Crippen LogP contribution in [0.1, 0.15) is 29.3 Å². The molecule has 0 spiro atoms. The Morgan fingerprint density at radius 1 is 1.32 bits per heavy atom. The molecule has 0 saturated carbocycles. The molecular formula is C14H19NO4. The fourth-order valence-corrected chi connectivity index (χ4v) is 1.50. The lowest BCUT2D eigenvalue weighted by molar-refractivity contribution is -0.145. The minimum atomic E-state index is -0.937. The van der Waals surface area contributed by atoms with Gasteiger partial charge in [0.1, 0.15) is 0 Å². The molecule has 2 N–H and O–H groups in total. The molecule has 19 heavy (non-hydrogen) atoms. The summed E-state index contributed by atoms with van der Waals surface area (Å²) in [6.45, 7) is 3.93. The van der Waals surface area contributed by atoms with E-state index in [0.29, 0.717) is 5.56 Å². The summed E-state index contributed by atoms with van der Waals surface area (Å²) in [5.74, 6) is -0.748. The molecule has 0 aliphatic carbocycles. The number of carbonyl (C=O) groups is 2. The van der Waals surface area contributed by atoms with E-state index in [1.54, 1.807) is 19.1 Å². The van der Waals surface area contributed by atoms with Gasteiger partial charge in [-0.1, -0.05) is 17.7 Å². The first kappa shape index (κ1) is 15.2. The smallest absolute Gasteiger partial charge is 0.308 e. The minimum absolute atomic E-state index is 0.0194. The van der Waals surface area contributed by atoms with Crippen LogP contribution >= 0.6 is 0 Å². The maximum atomic E-state index is 11.7. The lowest BCUT2D eigenvalue weighted by Gasteiger charge is -2.11. The van der Waals surface area contributed by atoms with Gasteiger partial charge in [0.2, 0.25) is 0 Å². The van der Waals surface area contributed by atoms with Crippen LogP contribution in [0.3, 0.4) is 0 Å². The molecule has 0 bridgehead atoms. The Balaban J connectivity index is 2.37. The van der Waals surface area contributed by atoms with Crippen LogP contribution in [0.5, 0.6) is 0 Å². The summed E-state index contributed by atoms with van der Waals surface area (Å²) < 4.78 is 4.71. The molecule has 1 atom stereocenters. The summed E-state index contributed by atoms with van der Waals surface area (Å²) in [5.41, 5.74) is 1.59. The van der Waals surface area contributed by atoms with E-state index in [1.165, 1.54) is 0 Å². The first-order chi connectivity index (χ1) is 9.02. The molecule has 0 fully saturated rings. The highest BCUT2D eigenvalue weighted by molar-refractivity contribution is 5.94. The standard InChI is InChI=1S/C14H19NO4/c1-3-19-13(17)8-12(16)9-15-14(18)11-6-4-10(2)5-7-11/h4-7,12,16H,3,8-9H2,1-2H3,(H,15,18). The van der Waals surface area contributed by atoms with Gasteiger partial charge in [-0.25, -0.2) is 0 Å². The van der Waals surface area contributed by atoms with E-state index < -0.39 is 12.1 Å². The molecule has 0 radical (unpaired) electrons. The van der Waals surface area contributed by atoms with Gasteiger partial charge in [0.25, 0.3) is 5.91 Å². The van der Waals surface area contributed by atoms with Crippen LogP contribution < -0.4 is 5.32 Å². The van der Waals surface area contributed by atoms with Gasteiger partial charge in [-0.3, -0.25) is 9.59 Å². The van der Waals surface area contributed by atoms with Crippen molar-refractivity contribution < 1.29 is 19.4 Å². The molecule has 0 aromatic heterocycles. The third-order valence-corrected chi connectivity index (χ3v) is 2.52. The number of carbonyl (C=O) groups excluding carboxylic acids is 2. The third-order valence-electron chi connectivity index (χ3n) is 2.52. The van der Waals surface area contributed by atoms with Crippen molar-refractivity contribution in [1.82, 2.24) is 5.32 Å². The van der Waals surface area contributed by atoms with Gasteiger partial charge in [-0.15, -0.1) is 0 Å². The number of esters is 1. The fourth-order valence-electron chi connectivity index (χ4n) is 1.50. The topological polar surface area (TPSA) is 75.6 Å². The molecule has 0 heterocycles.